The van der Waals surface area contributed by atoms with Crippen molar-refractivity contribution in [2.24, 2.45) is 0 Å². The zero-order valence-electron chi connectivity index (χ0n) is 21.3. The van der Waals surface area contributed by atoms with Crippen molar-refractivity contribution in [1.29, 1.82) is 0 Å². The molecule has 0 spiro atoms. The topological polar surface area (TPSA) is 0 Å². The van der Waals surface area contributed by atoms with Gasteiger partial charge in [-0.1, -0.05) is 133 Å². The second kappa shape index (κ2) is 9.70. The molecule has 0 saturated heterocycles. The van der Waals surface area contributed by atoms with Crippen LogP contribution >= 0.6 is 0 Å². The van der Waals surface area contributed by atoms with E-state index in [4.69, 9.17) is 0 Å². The molecule has 0 aliphatic heterocycles. The first-order valence-electron chi connectivity index (χ1n) is 13.2. The van der Waals surface area contributed by atoms with Crippen molar-refractivity contribution < 1.29 is 4.39 Å². The Hall–Kier alpha value is -5.01. The zero-order chi connectivity index (χ0) is 26.2. The van der Waals surface area contributed by atoms with Crippen LogP contribution in [0.3, 0.4) is 0 Å². The van der Waals surface area contributed by atoms with Gasteiger partial charge in [0.15, 0.2) is 0 Å². The molecule has 7 aromatic carbocycles. The molecule has 0 heterocycles. The van der Waals surface area contributed by atoms with Crippen molar-refractivity contribution in [3.63, 3.8) is 0 Å². The van der Waals surface area contributed by atoms with Gasteiger partial charge >= 0.3 is 0 Å². The van der Waals surface area contributed by atoms with Gasteiger partial charge in [-0.05, 0) is 84.3 Å². The molecule has 7 aromatic rings. The van der Waals surface area contributed by atoms with Crippen LogP contribution in [-0.4, -0.2) is 0 Å². The molecule has 39 heavy (non-hydrogen) atoms. The van der Waals surface area contributed by atoms with Crippen LogP contribution in [0.2, 0.25) is 0 Å². The molecule has 0 unspecified atom stereocenters. The van der Waals surface area contributed by atoms with Gasteiger partial charge in [0.2, 0.25) is 0 Å². The summed E-state index contributed by atoms with van der Waals surface area (Å²) in [5.41, 5.74) is 9.36. The average Bonchev–Trinajstić information content (AvgIpc) is 3.01. The van der Waals surface area contributed by atoms with Crippen molar-refractivity contribution in [2.75, 3.05) is 0 Å². The zero-order valence-corrected chi connectivity index (χ0v) is 21.3. The molecule has 7 rings (SSSR count). The molecule has 0 aliphatic rings. The number of rotatable bonds is 4. The van der Waals surface area contributed by atoms with E-state index in [0.29, 0.717) is 0 Å². The Morgan fingerprint density at radius 1 is 0.282 bits per heavy atom. The lowest BCUT2D eigenvalue weighted by atomic mass is 9.85. The Balaban J connectivity index is 1.45. The first kappa shape index (κ1) is 23.1. The van der Waals surface area contributed by atoms with E-state index in [-0.39, 0.29) is 5.82 Å². The Bertz CT molecular complexity index is 1880. The molecular formula is C38H25F. The van der Waals surface area contributed by atoms with Crippen molar-refractivity contribution in [1.82, 2.24) is 0 Å². The molecule has 0 N–H and O–H groups in total. The number of benzene rings is 7. The highest BCUT2D eigenvalue weighted by Crippen LogP contribution is 2.44. The van der Waals surface area contributed by atoms with E-state index in [0.717, 1.165) is 16.7 Å². The lowest BCUT2D eigenvalue weighted by Crippen LogP contribution is -1.91. The lowest BCUT2D eigenvalue weighted by Gasteiger charge is -2.18. The minimum atomic E-state index is -0.220. The predicted molar refractivity (Wildman–Crippen MR) is 163 cm³/mol. The Morgan fingerprint density at radius 2 is 0.667 bits per heavy atom. The van der Waals surface area contributed by atoms with Crippen molar-refractivity contribution in [2.45, 2.75) is 0 Å². The summed E-state index contributed by atoms with van der Waals surface area (Å²) in [5, 5.41) is 4.93. The summed E-state index contributed by atoms with van der Waals surface area (Å²) in [6.45, 7) is 0. The molecule has 1 heteroatoms. The van der Waals surface area contributed by atoms with E-state index in [2.05, 4.69) is 127 Å². The van der Waals surface area contributed by atoms with Crippen LogP contribution in [0.4, 0.5) is 4.39 Å². The standard InChI is InChI=1S/C38H25F/c39-32-23-21-28(22-24-32)27-17-19-29(20-18-27)37-33-13-4-6-15-35(33)38(36-16-7-5-14-34(36)37)31-12-8-11-30(25-31)26-9-2-1-3-10-26/h1-25H. The smallest absolute Gasteiger partial charge is 0.123 e. The molecule has 0 atom stereocenters. The van der Waals surface area contributed by atoms with E-state index in [1.165, 1.54) is 61.5 Å². The second-order valence-electron chi connectivity index (χ2n) is 9.87. The van der Waals surface area contributed by atoms with Crippen LogP contribution < -0.4 is 0 Å². The van der Waals surface area contributed by atoms with E-state index in [1.807, 2.05) is 12.1 Å². The third kappa shape index (κ3) is 4.19. The number of hydrogen-bond acceptors (Lipinski definition) is 0. The Kier molecular flexibility index (Phi) is 5.75. The highest BCUT2D eigenvalue weighted by molar-refractivity contribution is 6.21. The fourth-order valence-electron chi connectivity index (χ4n) is 5.71. The maximum absolute atomic E-state index is 13.4. The van der Waals surface area contributed by atoms with Crippen LogP contribution in [0.15, 0.2) is 152 Å². The van der Waals surface area contributed by atoms with Gasteiger partial charge in [0.05, 0.1) is 0 Å². The summed E-state index contributed by atoms with van der Waals surface area (Å²) in [4.78, 5) is 0. The SMILES string of the molecule is Fc1ccc(-c2ccc(-c3c4ccccc4c(-c4cccc(-c5ccccc5)c4)c4ccccc34)cc2)cc1. The van der Waals surface area contributed by atoms with Crippen LogP contribution in [0.25, 0.3) is 66.1 Å². The van der Waals surface area contributed by atoms with Gasteiger partial charge in [-0.3, -0.25) is 0 Å². The van der Waals surface area contributed by atoms with Gasteiger partial charge in [-0.2, -0.15) is 0 Å². The fraction of sp³-hybridized carbons (Fsp3) is 0. The summed E-state index contributed by atoms with van der Waals surface area (Å²) >= 11 is 0. The lowest BCUT2D eigenvalue weighted by molar-refractivity contribution is 0.628. The van der Waals surface area contributed by atoms with Crippen LogP contribution in [0.1, 0.15) is 0 Å². The third-order valence-electron chi connectivity index (χ3n) is 7.54. The minimum Gasteiger partial charge on any atom is -0.207 e. The molecule has 0 nitrogen and oxygen atoms in total. The highest BCUT2D eigenvalue weighted by atomic mass is 19.1. The van der Waals surface area contributed by atoms with Gasteiger partial charge in [0.1, 0.15) is 5.82 Å². The normalized spacial score (nSPS) is 11.2. The summed E-state index contributed by atoms with van der Waals surface area (Å²) in [6.07, 6.45) is 0. The Morgan fingerprint density at radius 3 is 1.23 bits per heavy atom. The third-order valence-corrected chi connectivity index (χ3v) is 7.54. The van der Waals surface area contributed by atoms with Crippen LogP contribution in [0, 0.1) is 5.82 Å². The monoisotopic (exact) mass is 500 g/mol. The summed E-state index contributed by atoms with van der Waals surface area (Å²) in [5.74, 6) is -0.220. The van der Waals surface area contributed by atoms with Crippen LogP contribution in [0.5, 0.6) is 0 Å². The van der Waals surface area contributed by atoms with E-state index >= 15 is 0 Å². The van der Waals surface area contributed by atoms with E-state index < -0.39 is 0 Å². The second-order valence-corrected chi connectivity index (χ2v) is 9.87. The van der Waals surface area contributed by atoms with E-state index in [1.54, 1.807) is 0 Å². The van der Waals surface area contributed by atoms with Gasteiger partial charge in [-0.15, -0.1) is 0 Å². The molecule has 184 valence electrons. The van der Waals surface area contributed by atoms with Gasteiger partial charge in [0, 0.05) is 0 Å². The predicted octanol–water partition coefficient (Wildman–Crippen LogP) is 10.8. The molecule has 0 amide bonds. The number of fused-ring (bicyclic) bond motifs is 2. The average molecular weight is 501 g/mol. The first-order chi connectivity index (χ1) is 19.3. The molecular weight excluding hydrogens is 475 g/mol. The number of hydrogen-bond donors (Lipinski definition) is 0. The summed E-state index contributed by atoms with van der Waals surface area (Å²) < 4.78 is 13.4. The molecule has 0 radical (unpaired) electrons. The quantitative estimate of drug-likeness (QED) is 0.211. The molecule has 0 fully saturated rings. The van der Waals surface area contributed by atoms with Gasteiger partial charge < -0.3 is 0 Å². The molecule has 0 aliphatic carbocycles. The molecule has 0 bridgehead atoms. The number of halogens is 1. The summed E-state index contributed by atoms with van der Waals surface area (Å²) in [6, 6.07) is 52.2. The minimum absolute atomic E-state index is 0.220. The maximum Gasteiger partial charge on any atom is 0.123 e. The van der Waals surface area contributed by atoms with Crippen LogP contribution in [-0.2, 0) is 0 Å². The Labute approximate surface area is 227 Å². The van der Waals surface area contributed by atoms with Crippen molar-refractivity contribution in [3.8, 4) is 44.5 Å². The fourth-order valence-corrected chi connectivity index (χ4v) is 5.71. The largest absolute Gasteiger partial charge is 0.207 e. The van der Waals surface area contributed by atoms with Crippen molar-refractivity contribution in [3.05, 3.63) is 157 Å². The molecule has 0 saturated carbocycles. The van der Waals surface area contributed by atoms with Gasteiger partial charge in [0.25, 0.3) is 0 Å². The summed E-state index contributed by atoms with van der Waals surface area (Å²) in [7, 11) is 0. The van der Waals surface area contributed by atoms with Crippen molar-refractivity contribution >= 4 is 21.5 Å². The molecule has 0 aromatic heterocycles. The van der Waals surface area contributed by atoms with Gasteiger partial charge in [-0.25, -0.2) is 4.39 Å². The highest BCUT2D eigenvalue weighted by Gasteiger charge is 2.17. The first-order valence-corrected chi connectivity index (χ1v) is 13.2. The van der Waals surface area contributed by atoms with E-state index in [9.17, 15) is 4.39 Å². The maximum atomic E-state index is 13.4.